The van der Waals surface area contributed by atoms with Gasteiger partial charge in [0.25, 0.3) is 0 Å². The van der Waals surface area contributed by atoms with Gasteiger partial charge in [-0.05, 0) is 0 Å². The van der Waals surface area contributed by atoms with Crippen LogP contribution in [-0.2, 0) is 3.74 Å². The average molecular weight is 294 g/mol. The summed E-state index contributed by atoms with van der Waals surface area (Å²) >= 11 is -4.01. The van der Waals surface area contributed by atoms with Crippen LogP contribution in [0.4, 0.5) is 0 Å². The van der Waals surface area contributed by atoms with Gasteiger partial charge < -0.3 is 0 Å². The molecule has 0 heterocycles. The molecule has 82 valence electrons. The predicted octanol–water partition coefficient (Wildman–Crippen LogP) is 2.05. The molecule has 16 heavy (non-hydrogen) atoms. The third-order valence-electron chi connectivity index (χ3n) is 2.05. The van der Waals surface area contributed by atoms with Crippen LogP contribution in [0.1, 0.15) is 0 Å². The fraction of sp³-hybridized carbons (Fsp3) is 0. The first-order valence-corrected chi connectivity index (χ1v) is 10.4. The summed E-state index contributed by atoms with van der Waals surface area (Å²) in [6.07, 6.45) is 0. The Morgan fingerprint density at radius 3 is 1.94 bits per heavy atom. The monoisotopic (exact) mass is 294 g/mol. The first-order chi connectivity index (χ1) is 7.68. The standard InChI is InChI=1S/C12H11AsO2S/c14-13(15,11-7-3-1-4-8-11)16-12-9-5-2-6-10-12/h1-10H,(H,14,15). The van der Waals surface area contributed by atoms with Gasteiger partial charge in [0.2, 0.25) is 0 Å². The Kier molecular flexibility index (Phi) is 3.59. The Bertz CT molecular complexity index is 499. The van der Waals surface area contributed by atoms with Crippen molar-refractivity contribution >= 4 is 27.1 Å². The van der Waals surface area contributed by atoms with Crippen LogP contribution in [0.5, 0.6) is 0 Å². The van der Waals surface area contributed by atoms with Crippen molar-refractivity contribution in [1.29, 1.82) is 0 Å². The first-order valence-electron chi connectivity index (χ1n) is 4.81. The molecule has 0 bridgehead atoms. The molecule has 0 saturated heterocycles. The quantitative estimate of drug-likeness (QED) is 0.880. The summed E-state index contributed by atoms with van der Waals surface area (Å²) in [5, 5.41) is 0. The molecule has 2 rings (SSSR count). The summed E-state index contributed by atoms with van der Waals surface area (Å²) in [6.45, 7) is 0. The van der Waals surface area contributed by atoms with Gasteiger partial charge in [0, 0.05) is 0 Å². The molecule has 0 spiro atoms. The molecule has 0 fully saturated rings. The molecule has 1 N–H and O–H groups in total. The van der Waals surface area contributed by atoms with Crippen molar-refractivity contribution in [1.82, 2.24) is 0 Å². The molecule has 1 unspecified atom stereocenters. The minimum atomic E-state index is -4.01. The van der Waals surface area contributed by atoms with Gasteiger partial charge in [0.1, 0.15) is 0 Å². The molecule has 0 aromatic heterocycles. The van der Waals surface area contributed by atoms with E-state index in [1.165, 1.54) is 0 Å². The van der Waals surface area contributed by atoms with E-state index in [9.17, 15) is 7.84 Å². The normalized spacial score (nSPS) is 14.3. The van der Waals surface area contributed by atoms with Gasteiger partial charge in [-0.3, -0.25) is 0 Å². The van der Waals surface area contributed by atoms with E-state index in [-0.39, 0.29) is 0 Å². The maximum atomic E-state index is 12.2. The predicted molar refractivity (Wildman–Crippen MR) is 67.0 cm³/mol. The van der Waals surface area contributed by atoms with Crippen LogP contribution < -0.4 is 4.35 Å². The van der Waals surface area contributed by atoms with Gasteiger partial charge >= 0.3 is 100 Å². The van der Waals surface area contributed by atoms with Crippen molar-refractivity contribution < 1.29 is 7.84 Å². The summed E-state index contributed by atoms with van der Waals surface area (Å²) in [5.74, 6) is 0. The van der Waals surface area contributed by atoms with E-state index in [4.69, 9.17) is 0 Å². The van der Waals surface area contributed by atoms with Crippen molar-refractivity contribution in [3.8, 4) is 0 Å². The van der Waals surface area contributed by atoms with Gasteiger partial charge in [-0.25, -0.2) is 0 Å². The number of hydrogen-bond acceptors (Lipinski definition) is 2. The van der Waals surface area contributed by atoms with Gasteiger partial charge in [-0.2, -0.15) is 0 Å². The molecule has 0 radical (unpaired) electrons. The summed E-state index contributed by atoms with van der Waals surface area (Å²) in [5.41, 5.74) is 0. The van der Waals surface area contributed by atoms with Crippen molar-refractivity contribution in [2.24, 2.45) is 0 Å². The summed E-state index contributed by atoms with van der Waals surface area (Å²) in [4.78, 5) is 0.830. The molecule has 2 nitrogen and oxygen atoms in total. The second-order valence-corrected chi connectivity index (χ2v) is 10.9. The van der Waals surface area contributed by atoms with E-state index >= 15 is 0 Å². The first kappa shape index (κ1) is 11.6. The number of rotatable bonds is 3. The van der Waals surface area contributed by atoms with E-state index in [0.717, 1.165) is 14.9 Å². The Balaban J connectivity index is 2.25. The molecule has 1 atom stereocenters. The van der Waals surface area contributed by atoms with E-state index in [2.05, 4.69) is 0 Å². The van der Waals surface area contributed by atoms with Crippen LogP contribution in [-0.4, -0.2) is 16.8 Å². The van der Waals surface area contributed by atoms with E-state index in [0.29, 0.717) is 4.35 Å². The van der Waals surface area contributed by atoms with Crippen LogP contribution in [0.25, 0.3) is 0 Å². The second-order valence-electron chi connectivity index (χ2n) is 3.26. The average Bonchev–Trinajstić information content (AvgIpc) is 2.31. The van der Waals surface area contributed by atoms with Crippen LogP contribution >= 0.6 is 10.0 Å². The summed E-state index contributed by atoms with van der Waals surface area (Å²) in [7, 11) is 1.07. The van der Waals surface area contributed by atoms with Gasteiger partial charge in [0.05, 0.1) is 0 Å². The molecule has 0 aliphatic heterocycles. The summed E-state index contributed by atoms with van der Waals surface area (Å²) < 4.78 is 22.7. The van der Waals surface area contributed by atoms with Crippen molar-refractivity contribution in [3.63, 3.8) is 0 Å². The van der Waals surface area contributed by atoms with Gasteiger partial charge in [-0.15, -0.1) is 0 Å². The molecular weight excluding hydrogens is 283 g/mol. The number of hydrogen-bond donors (Lipinski definition) is 1. The molecule has 4 heteroatoms. The Morgan fingerprint density at radius 2 is 1.38 bits per heavy atom. The minimum absolute atomic E-state index is 0.537. The molecule has 0 aliphatic carbocycles. The Hall–Kier alpha value is -0.892. The van der Waals surface area contributed by atoms with E-state index in [1.54, 1.807) is 24.3 Å². The molecule has 2 aromatic rings. The summed E-state index contributed by atoms with van der Waals surface area (Å²) in [6, 6.07) is 18.1. The second kappa shape index (κ2) is 4.96. The Morgan fingerprint density at radius 1 is 0.875 bits per heavy atom. The van der Waals surface area contributed by atoms with Crippen LogP contribution in [0.2, 0.25) is 0 Å². The zero-order valence-corrected chi connectivity index (χ0v) is 11.2. The third kappa shape index (κ3) is 2.82. The van der Waals surface area contributed by atoms with Crippen molar-refractivity contribution in [3.05, 3.63) is 60.7 Å². The maximum absolute atomic E-state index is 12.2. The van der Waals surface area contributed by atoms with E-state index in [1.807, 2.05) is 36.4 Å². The van der Waals surface area contributed by atoms with Gasteiger partial charge in [0.15, 0.2) is 0 Å². The van der Waals surface area contributed by atoms with Crippen LogP contribution in [0, 0.1) is 0 Å². The number of benzene rings is 2. The van der Waals surface area contributed by atoms with Crippen LogP contribution in [0.15, 0.2) is 65.6 Å². The molecule has 0 saturated carbocycles. The molecule has 0 amide bonds. The zero-order valence-electron chi connectivity index (χ0n) is 8.48. The zero-order chi connectivity index (χ0) is 11.4. The fourth-order valence-corrected chi connectivity index (χ4v) is 6.98. The van der Waals surface area contributed by atoms with Crippen molar-refractivity contribution in [2.75, 3.05) is 0 Å². The molecular formula is C12H11AsO2S. The van der Waals surface area contributed by atoms with Crippen molar-refractivity contribution in [2.45, 2.75) is 4.90 Å². The van der Waals surface area contributed by atoms with Gasteiger partial charge in [-0.1, -0.05) is 0 Å². The molecule has 2 aromatic carbocycles. The SMILES string of the molecule is O=[As](O)(Sc1ccccc1)c1ccccc1. The van der Waals surface area contributed by atoms with Crippen LogP contribution in [0.3, 0.4) is 0 Å². The van der Waals surface area contributed by atoms with E-state index < -0.39 is 12.7 Å². The molecule has 0 aliphatic rings. The topological polar surface area (TPSA) is 37.3 Å². The Labute approximate surface area is 100 Å². The third-order valence-corrected chi connectivity index (χ3v) is 8.76. The fourth-order valence-electron chi connectivity index (χ4n) is 1.29.